The van der Waals surface area contributed by atoms with Crippen LogP contribution < -0.4 is 10.6 Å². The van der Waals surface area contributed by atoms with Gasteiger partial charge in [0.15, 0.2) is 5.96 Å². The normalized spacial score (nSPS) is 17.9. The number of hydrogen-bond donors (Lipinski definition) is 2. The molecule has 0 amide bonds. The largest absolute Gasteiger partial charge is 0.468 e. The van der Waals surface area contributed by atoms with Crippen LogP contribution in [0.15, 0.2) is 27.8 Å². The van der Waals surface area contributed by atoms with Crippen molar-refractivity contribution in [1.82, 2.24) is 15.5 Å². The van der Waals surface area contributed by atoms with E-state index in [0.29, 0.717) is 0 Å². The second-order valence-electron chi connectivity index (χ2n) is 4.48. The summed E-state index contributed by atoms with van der Waals surface area (Å²) in [5.41, 5.74) is 0. The Morgan fingerprint density at radius 2 is 2.21 bits per heavy atom. The lowest BCUT2D eigenvalue weighted by atomic mass is 10.2. The van der Waals surface area contributed by atoms with Gasteiger partial charge in [0.25, 0.3) is 0 Å². The Balaban J connectivity index is 0.00000180. The molecule has 1 aromatic heterocycles. The summed E-state index contributed by atoms with van der Waals surface area (Å²) < 4.78 is 5.57. The van der Waals surface area contributed by atoms with Gasteiger partial charge in [0, 0.05) is 20.6 Å². The molecule has 1 unspecified atom stereocenters. The van der Waals surface area contributed by atoms with Gasteiger partial charge in [-0.1, -0.05) is 0 Å². The molecule has 0 aliphatic carbocycles. The van der Waals surface area contributed by atoms with Crippen LogP contribution in [0.25, 0.3) is 0 Å². The number of hydrogen-bond acceptors (Lipinski definition) is 3. The molecule has 1 aromatic rings. The Hall–Kier alpha value is -0.760. The number of furan rings is 1. The van der Waals surface area contributed by atoms with Gasteiger partial charge in [-0.25, -0.2) is 0 Å². The lowest BCUT2D eigenvalue weighted by Crippen LogP contribution is -2.41. The van der Waals surface area contributed by atoms with E-state index in [1.807, 2.05) is 19.2 Å². The molecule has 19 heavy (non-hydrogen) atoms. The summed E-state index contributed by atoms with van der Waals surface area (Å²) in [7, 11) is 3.64. The van der Waals surface area contributed by atoms with Gasteiger partial charge in [0.1, 0.15) is 5.76 Å². The second kappa shape index (κ2) is 8.42. The van der Waals surface area contributed by atoms with Crippen LogP contribution >= 0.6 is 24.0 Å². The molecular weight excluding hydrogens is 355 g/mol. The van der Waals surface area contributed by atoms with Crippen LogP contribution in [-0.2, 0) is 0 Å². The molecule has 0 saturated carbocycles. The first-order valence-electron chi connectivity index (χ1n) is 6.51. The maximum Gasteiger partial charge on any atom is 0.190 e. The first kappa shape index (κ1) is 16.3. The minimum atomic E-state index is 0. The molecule has 1 aliphatic rings. The summed E-state index contributed by atoms with van der Waals surface area (Å²) in [5, 5.41) is 6.35. The summed E-state index contributed by atoms with van der Waals surface area (Å²) >= 11 is 0. The molecule has 0 aromatic carbocycles. The van der Waals surface area contributed by atoms with Gasteiger partial charge >= 0.3 is 0 Å². The van der Waals surface area contributed by atoms with Crippen LogP contribution in [0.3, 0.4) is 0 Å². The third-order valence-electron chi connectivity index (χ3n) is 3.38. The van der Waals surface area contributed by atoms with Crippen molar-refractivity contribution in [2.75, 3.05) is 33.7 Å². The van der Waals surface area contributed by atoms with Crippen LogP contribution in [0, 0.1) is 0 Å². The van der Waals surface area contributed by atoms with Gasteiger partial charge in [0.2, 0.25) is 0 Å². The van der Waals surface area contributed by atoms with Crippen molar-refractivity contribution < 1.29 is 4.42 Å². The zero-order valence-corrected chi connectivity index (χ0v) is 13.9. The van der Waals surface area contributed by atoms with Gasteiger partial charge in [0.05, 0.1) is 12.3 Å². The second-order valence-corrected chi connectivity index (χ2v) is 4.48. The third kappa shape index (κ3) is 4.38. The Labute approximate surface area is 131 Å². The molecule has 2 heterocycles. The Bertz CT molecular complexity index is 374. The summed E-state index contributed by atoms with van der Waals surface area (Å²) in [6.07, 6.45) is 4.29. The topological polar surface area (TPSA) is 52.8 Å². The highest BCUT2D eigenvalue weighted by Crippen LogP contribution is 2.24. The number of halogens is 1. The zero-order chi connectivity index (χ0) is 12.8. The van der Waals surface area contributed by atoms with E-state index >= 15 is 0 Å². The molecule has 1 atom stereocenters. The highest BCUT2D eigenvalue weighted by atomic mass is 127. The number of guanidine groups is 1. The molecule has 2 rings (SSSR count). The number of likely N-dealkylation sites (tertiary alicyclic amines) is 1. The molecule has 1 saturated heterocycles. The molecule has 0 radical (unpaired) electrons. The first-order chi connectivity index (χ1) is 8.85. The van der Waals surface area contributed by atoms with Crippen molar-refractivity contribution in [3.05, 3.63) is 24.2 Å². The molecule has 6 heteroatoms. The van der Waals surface area contributed by atoms with E-state index in [1.54, 1.807) is 13.3 Å². The predicted molar refractivity (Wildman–Crippen MR) is 88.1 cm³/mol. The number of aliphatic imine (C=N–C) groups is 1. The van der Waals surface area contributed by atoms with Crippen LogP contribution in [-0.4, -0.2) is 44.6 Å². The van der Waals surface area contributed by atoms with Gasteiger partial charge in [-0.2, -0.15) is 0 Å². The van der Waals surface area contributed by atoms with E-state index in [2.05, 4.69) is 20.5 Å². The minimum Gasteiger partial charge on any atom is -0.468 e. The monoisotopic (exact) mass is 378 g/mol. The summed E-state index contributed by atoms with van der Waals surface area (Å²) in [5.74, 6) is 1.83. The molecule has 2 N–H and O–H groups in total. The quantitative estimate of drug-likeness (QED) is 0.477. The maximum atomic E-state index is 5.57. The maximum absolute atomic E-state index is 5.57. The van der Waals surface area contributed by atoms with E-state index in [1.165, 1.54) is 12.8 Å². The summed E-state index contributed by atoms with van der Waals surface area (Å²) in [6.45, 7) is 3.09. The van der Waals surface area contributed by atoms with E-state index in [-0.39, 0.29) is 30.0 Å². The van der Waals surface area contributed by atoms with Crippen LogP contribution in [0.4, 0.5) is 0 Å². The standard InChI is InChI=1S/C13H22N4O.HI/c1-14-13(15-2)16-10-11(12-6-5-9-18-12)17-7-3-4-8-17;/h5-6,9,11H,3-4,7-8,10H2,1-2H3,(H2,14,15,16);1H. The Morgan fingerprint density at radius 3 is 2.74 bits per heavy atom. The number of nitrogens with zero attached hydrogens (tertiary/aromatic N) is 2. The molecule has 5 nitrogen and oxygen atoms in total. The molecule has 0 spiro atoms. The molecular formula is C13H23IN4O. The van der Waals surface area contributed by atoms with Crippen molar-refractivity contribution in [3.8, 4) is 0 Å². The Kier molecular flexibility index (Phi) is 7.22. The van der Waals surface area contributed by atoms with E-state index in [0.717, 1.165) is 31.4 Å². The van der Waals surface area contributed by atoms with Gasteiger partial charge < -0.3 is 15.1 Å². The minimum absolute atomic E-state index is 0. The van der Waals surface area contributed by atoms with Gasteiger partial charge in [-0.3, -0.25) is 9.89 Å². The number of rotatable bonds is 4. The van der Waals surface area contributed by atoms with E-state index < -0.39 is 0 Å². The molecule has 1 aliphatic heterocycles. The highest BCUT2D eigenvalue weighted by molar-refractivity contribution is 14.0. The van der Waals surface area contributed by atoms with Crippen LogP contribution in [0.1, 0.15) is 24.6 Å². The number of nitrogens with one attached hydrogen (secondary N) is 2. The van der Waals surface area contributed by atoms with Crippen molar-refractivity contribution in [2.45, 2.75) is 18.9 Å². The fraction of sp³-hybridized carbons (Fsp3) is 0.615. The molecule has 108 valence electrons. The van der Waals surface area contributed by atoms with Crippen molar-refractivity contribution in [1.29, 1.82) is 0 Å². The Morgan fingerprint density at radius 1 is 1.47 bits per heavy atom. The van der Waals surface area contributed by atoms with Crippen LogP contribution in [0.2, 0.25) is 0 Å². The average molecular weight is 378 g/mol. The SMILES string of the molecule is CN=C(NC)NCC(c1ccco1)N1CCCC1.I. The molecule has 1 fully saturated rings. The lowest BCUT2D eigenvalue weighted by molar-refractivity contribution is 0.215. The van der Waals surface area contributed by atoms with Gasteiger partial charge in [-0.15, -0.1) is 24.0 Å². The van der Waals surface area contributed by atoms with Gasteiger partial charge in [-0.05, 0) is 38.1 Å². The molecule has 0 bridgehead atoms. The van der Waals surface area contributed by atoms with E-state index in [4.69, 9.17) is 4.42 Å². The first-order valence-corrected chi connectivity index (χ1v) is 6.51. The summed E-state index contributed by atoms with van der Waals surface area (Å²) in [6, 6.07) is 4.28. The zero-order valence-electron chi connectivity index (χ0n) is 11.6. The fourth-order valence-electron chi connectivity index (χ4n) is 2.42. The van der Waals surface area contributed by atoms with Crippen molar-refractivity contribution in [2.24, 2.45) is 4.99 Å². The van der Waals surface area contributed by atoms with Crippen LogP contribution in [0.5, 0.6) is 0 Å². The summed E-state index contributed by atoms with van der Waals surface area (Å²) in [4.78, 5) is 6.60. The highest BCUT2D eigenvalue weighted by Gasteiger charge is 2.25. The van der Waals surface area contributed by atoms with Crippen molar-refractivity contribution in [3.63, 3.8) is 0 Å². The average Bonchev–Trinajstić information content (AvgIpc) is 3.07. The lowest BCUT2D eigenvalue weighted by Gasteiger charge is -2.26. The predicted octanol–water partition coefficient (Wildman–Crippen LogP) is 1.83. The van der Waals surface area contributed by atoms with E-state index in [9.17, 15) is 0 Å². The fourth-order valence-corrected chi connectivity index (χ4v) is 2.42. The van der Waals surface area contributed by atoms with Crippen molar-refractivity contribution >= 4 is 29.9 Å². The third-order valence-corrected chi connectivity index (χ3v) is 3.38. The smallest absolute Gasteiger partial charge is 0.190 e.